The zero-order chi connectivity index (χ0) is 29.7. The summed E-state index contributed by atoms with van der Waals surface area (Å²) >= 11 is 0. The number of anilines is 1. The number of amides is 1. The van der Waals surface area contributed by atoms with Crippen LogP contribution >= 0.6 is 0 Å². The molecule has 0 fully saturated rings. The third-order valence-electron chi connectivity index (χ3n) is 3.22. The number of hydrogen-bond donors (Lipinski definition) is 1. The van der Waals surface area contributed by atoms with E-state index in [1.807, 2.05) is 0 Å². The second-order valence-electron chi connectivity index (χ2n) is 7.18. The van der Waals surface area contributed by atoms with Crippen LogP contribution in [0.25, 0.3) is 0 Å². The number of halogens is 10. The van der Waals surface area contributed by atoms with Crippen molar-refractivity contribution in [3.63, 3.8) is 0 Å². The van der Waals surface area contributed by atoms with E-state index in [0.29, 0.717) is 6.07 Å². The second-order valence-corrected chi connectivity index (χ2v) is 7.18. The maximum absolute atomic E-state index is 13.8. The summed E-state index contributed by atoms with van der Waals surface area (Å²) < 4.78 is 133. The van der Waals surface area contributed by atoms with Crippen molar-refractivity contribution in [1.82, 2.24) is 4.98 Å². The molecular formula is C22H24F10N2O4. The van der Waals surface area contributed by atoms with Crippen LogP contribution in [0.5, 0.6) is 17.4 Å². The minimum absolute atomic E-state index is 0.187. The van der Waals surface area contributed by atoms with Crippen molar-refractivity contribution in [1.29, 1.82) is 0 Å². The summed E-state index contributed by atoms with van der Waals surface area (Å²) in [5.41, 5.74) is 0.893. The first-order valence-corrected chi connectivity index (χ1v) is 10.5. The number of carbonyl (C=O) groups excluding carboxylic acids is 1. The van der Waals surface area contributed by atoms with Crippen molar-refractivity contribution in [3.8, 4) is 17.4 Å². The van der Waals surface area contributed by atoms with E-state index >= 15 is 0 Å². The van der Waals surface area contributed by atoms with E-state index in [-0.39, 0.29) is 5.75 Å². The summed E-state index contributed by atoms with van der Waals surface area (Å²) in [5.74, 6) is -5.39. The maximum atomic E-state index is 13.8. The fourth-order valence-corrected chi connectivity index (χ4v) is 1.97. The van der Waals surface area contributed by atoms with Gasteiger partial charge in [-0.1, -0.05) is 38.0 Å². The molecule has 2 rings (SSSR count). The predicted molar refractivity (Wildman–Crippen MR) is 115 cm³/mol. The molecule has 1 aromatic heterocycles. The Balaban J connectivity index is 0.000000759. The Morgan fingerprint density at radius 3 is 1.79 bits per heavy atom. The average molecular weight is 570 g/mol. The summed E-state index contributed by atoms with van der Waals surface area (Å²) in [6.45, 7) is 3.26. The maximum Gasteiger partial charge on any atom is 0.573 e. The molecule has 1 heterocycles. The molecule has 1 N–H and O–H groups in total. The standard InChI is InChI=1S/C11H9F7N2O3.C8H7F3O.C3H8/c1-5(21)19-9-8(12)6(22-3-10(13,14)15)2-7(20-9)23-4-11(16,17)18;1-6-2-4-7(5-3-6)12-8(9,10)11;1-3-2/h2H,3-4H2,1H3,(H,19,20,21);2-5H,1H3;3H2,1-2H3. The first-order valence-electron chi connectivity index (χ1n) is 10.5. The zero-order valence-corrected chi connectivity index (χ0v) is 20.4. The first kappa shape index (κ1) is 34.5. The van der Waals surface area contributed by atoms with Crippen molar-refractivity contribution < 1.29 is 62.9 Å². The number of alkyl halides is 9. The molecule has 216 valence electrons. The Hall–Kier alpha value is -3.46. The van der Waals surface area contributed by atoms with Crippen LogP contribution in [-0.4, -0.2) is 42.8 Å². The third kappa shape index (κ3) is 17.1. The van der Waals surface area contributed by atoms with Gasteiger partial charge in [0.2, 0.25) is 17.6 Å². The summed E-state index contributed by atoms with van der Waals surface area (Å²) in [4.78, 5) is 14.1. The summed E-state index contributed by atoms with van der Waals surface area (Å²) in [5, 5.41) is 1.80. The lowest BCUT2D eigenvalue weighted by Gasteiger charge is -2.14. The predicted octanol–water partition coefficient (Wildman–Crippen LogP) is 7.37. The Bertz CT molecular complexity index is 992. The molecule has 0 bridgehead atoms. The highest BCUT2D eigenvalue weighted by atomic mass is 19.4. The van der Waals surface area contributed by atoms with Crippen LogP contribution in [0.1, 0.15) is 32.8 Å². The fraction of sp³-hybridized carbons (Fsp3) is 0.455. The lowest BCUT2D eigenvalue weighted by Crippen LogP contribution is -2.22. The quantitative estimate of drug-likeness (QED) is 0.368. The monoisotopic (exact) mass is 570 g/mol. The normalized spacial score (nSPS) is 11.3. The van der Waals surface area contributed by atoms with Gasteiger partial charge in [-0.15, -0.1) is 13.2 Å². The van der Waals surface area contributed by atoms with Crippen molar-refractivity contribution in [2.45, 2.75) is 52.8 Å². The number of pyridine rings is 1. The number of benzene rings is 1. The Kier molecular flexibility index (Phi) is 13.7. The minimum atomic E-state index is -4.81. The molecule has 0 atom stereocenters. The van der Waals surface area contributed by atoms with Crippen molar-refractivity contribution in [2.75, 3.05) is 18.5 Å². The zero-order valence-electron chi connectivity index (χ0n) is 20.4. The fourth-order valence-electron chi connectivity index (χ4n) is 1.97. The molecule has 0 radical (unpaired) electrons. The molecule has 0 spiro atoms. The van der Waals surface area contributed by atoms with E-state index < -0.39 is 61.1 Å². The van der Waals surface area contributed by atoms with Gasteiger partial charge in [0.1, 0.15) is 5.75 Å². The Morgan fingerprint density at radius 1 is 0.895 bits per heavy atom. The Morgan fingerprint density at radius 2 is 1.37 bits per heavy atom. The molecular weight excluding hydrogens is 546 g/mol. The number of carbonyl (C=O) groups is 1. The van der Waals surface area contributed by atoms with E-state index in [0.717, 1.165) is 12.5 Å². The van der Waals surface area contributed by atoms with Gasteiger partial charge in [-0.05, 0) is 19.1 Å². The summed E-state index contributed by atoms with van der Waals surface area (Å²) in [6, 6.07) is 6.09. The summed E-state index contributed by atoms with van der Waals surface area (Å²) in [6.07, 6.45) is -12.9. The van der Waals surface area contributed by atoms with E-state index in [1.165, 1.54) is 18.6 Å². The minimum Gasteiger partial charge on any atom is -0.481 e. The van der Waals surface area contributed by atoms with Crippen LogP contribution in [0.3, 0.4) is 0 Å². The number of ether oxygens (including phenoxy) is 3. The van der Waals surface area contributed by atoms with E-state index in [4.69, 9.17) is 0 Å². The topological polar surface area (TPSA) is 69.7 Å². The van der Waals surface area contributed by atoms with Gasteiger partial charge in [-0.2, -0.15) is 35.7 Å². The number of aromatic nitrogens is 1. The van der Waals surface area contributed by atoms with Gasteiger partial charge >= 0.3 is 18.7 Å². The molecule has 6 nitrogen and oxygen atoms in total. The molecule has 16 heteroatoms. The first-order chi connectivity index (χ1) is 17.3. The molecule has 2 aromatic rings. The molecule has 0 saturated carbocycles. The molecule has 0 aliphatic rings. The van der Waals surface area contributed by atoms with Crippen molar-refractivity contribution >= 4 is 11.7 Å². The van der Waals surface area contributed by atoms with E-state index in [1.54, 1.807) is 24.4 Å². The van der Waals surface area contributed by atoms with E-state index in [2.05, 4.69) is 33.0 Å². The van der Waals surface area contributed by atoms with Crippen LogP contribution in [0.15, 0.2) is 30.3 Å². The second kappa shape index (κ2) is 15.1. The highest BCUT2D eigenvalue weighted by molar-refractivity contribution is 5.88. The van der Waals surface area contributed by atoms with E-state index in [9.17, 15) is 48.7 Å². The van der Waals surface area contributed by atoms with Gasteiger partial charge in [0.05, 0.1) is 0 Å². The van der Waals surface area contributed by atoms with Crippen LogP contribution in [0, 0.1) is 12.7 Å². The van der Waals surface area contributed by atoms with Crippen LogP contribution in [0.4, 0.5) is 49.7 Å². The number of rotatable bonds is 6. The van der Waals surface area contributed by atoms with Crippen molar-refractivity contribution in [2.24, 2.45) is 0 Å². The lowest BCUT2D eigenvalue weighted by atomic mass is 10.2. The van der Waals surface area contributed by atoms with Gasteiger partial charge in [0, 0.05) is 13.0 Å². The van der Waals surface area contributed by atoms with Crippen LogP contribution in [0.2, 0.25) is 0 Å². The Labute approximate surface area is 210 Å². The SMILES string of the molecule is CC(=O)Nc1nc(OCC(F)(F)F)cc(OCC(F)(F)F)c1F.CCC.Cc1ccc(OC(F)(F)F)cc1. The smallest absolute Gasteiger partial charge is 0.481 e. The van der Waals surface area contributed by atoms with Crippen LogP contribution in [-0.2, 0) is 4.79 Å². The van der Waals surface area contributed by atoms with Gasteiger partial charge in [-0.25, -0.2) is 0 Å². The number of nitrogens with zero attached hydrogens (tertiary/aromatic N) is 1. The number of hydrogen-bond acceptors (Lipinski definition) is 5. The summed E-state index contributed by atoms with van der Waals surface area (Å²) in [7, 11) is 0. The largest absolute Gasteiger partial charge is 0.573 e. The molecule has 38 heavy (non-hydrogen) atoms. The molecule has 1 amide bonds. The highest BCUT2D eigenvalue weighted by Gasteiger charge is 2.32. The van der Waals surface area contributed by atoms with Gasteiger partial charge in [-0.3, -0.25) is 4.79 Å². The molecule has 0 unspecified atom stereocenters. The molecule has 1 aromatic carbocycles. The van der Waals surface area contributed by atoms with Crippen LogP contribution < -0.4 is 19.5 Å². The average Bonchev–Trinajstić information content (AvgIpc) is 2.73. The highest BCUT2D eigenvalue weighted by Crippen LogP contribution is 2.30. The van der Waals surface area contributed by atoms with Gasteiger partial charge in [0.25, 0.3) is 0 Å². The van der Waals surface area contributed by atoms with Gasteiger partial charge < -0.3 is 19.5 Å². The van der Waals surface area contributed by atoms with Gasteiger partial charge in [0.15, 0.2) is 24.8 Å². The molecule has 0 aliphatic heterocycles. The third-order valence-corrected chi connectivity index (χ3v) is 3.22. The lowest BCUT2D eigenvalue weighted by molar-refractivity contribution is -0.274. The number of nitrogens with one attached hydrogen (secondary N) is 1. The molecule has 0 saturated heterocycles. The van der Waals surface area contributed by atoms with Crippen molar-refractivity contribution in [3.05, 3.63) is 41.7 Å². The number of aryl methyl sites for hydroxylation is 1. The molecule has 0 aliphatic carbocycles.